The first-order valence-electron chi connectivity index (χ1n) is 12.3. The summed E-state index contributed by atoms with van der Waals surface area (Å²) in [6.07, 6.45) is 7.01. The summed E-state index contributed by atoms with van der Waals surface area (Å²) in [5.74, 6) is -0.720. The zero-order chi connectivity index (χ0) is 29.7. The molecule has 0 bridgehead atoms. The van der Waals surface area contributed by atoms with Crippen LogP contribution in [0.2, 0.25) is 0 Å². The average molecular weight is 640 g/mol. The number of alkyl halides is 1. The molecular weight excluding hydrogens is 608 g/mol. The van der Waals surface area contributed by atoms with Gasteiger partial charge in [-0.05, 0) is 61.4 Å². The lowest BCUT2D eigenvalue weighted by Crippen LogP contribution is -2.27. The van der Waals surface area contributed by atoms with E-state index in [1.165, 1.54) is 18.8 Å². The molecule has 0 amide bonds. The summed E-state index contributed by atoms with van der Waals surface area (Å²) < 4.78 is 13.9. The second kappa shape index (κ2) is 13.7. The number of carbonyl (C=O) groups is 2. The van der Waals surface area contributed by atoms with Crippen molar-refractivity contribution in [1.82, 2.24) is 28.3 Å². The Kier molecular flexibility index (Phi) is 10.4. The number of H-pyrrole nitrogens is 1. The molecule has 12 nitrogen and oxygen atoms in total. The molecule has 0 unspecified atom stereocenters. The number of aryl methyl sites for hydroxylation is 2. The quantitative estimate of drug-likeness (QED) is 0.228. The normalized spacial score (nSPS) is 10.4. The fourth-order valence-corrected chi connectivity index (χ4v) is 4.52. The molecule has 6 aromatic heterocycles. The fraction of sp³-hybridized carbons (Fsp3) is 0.241. The number of nitrogens with one attached hydrogen (secondary N) is 1. The van der Waals surface area contributed by atoms with E-state index < -0.39 is 5.97 Å². The van der Waals surface area contributed by atoms with Crippen LogP contribution < -0.4 is 11.1 Å². The SMILES string of the molecule is C.COC(=O)CBr.COC(=O)Cn1c(=O)c2cccn2c2c(C)ccnc21.Cc1ccnc2[nH]c(=O)c3cccn3c12. The number of aromatic nitrogens is 6. The molecule has 0 radical (unpaired) electrons. The standard InChI is InChI=1S/C14H13N3O3.C11H9N3O.C3H5BrO2.CH4/c1-9-5-6-15-13-12(9)16-7-3-4-10(16)14(19)17(13)8-11(18)20-2;1-7-4-5-12-10-9(7)14-6-2-3-8(14)11(15)13-10;1-6-3(5)2-4;/h3-7H,8H2,1-2H3;2-6H,1H3,(H,12,13,15);2H2,1H3;1H4. The second-order valence-electron chi connectivity index (χ2n) is 8.78. The third-order valence-electron chi connectivity index (χ3n) is 6.25. The summed E-state index contributed by atoms with van der Waals surface area (Å²) in [4.78, 5) is 56.7. The van der Waals surface area contributed by atoms with Crippen molar-refractivity contribution in [2.45, 2.75) is 27.8 Å². The first-order valence-corrected chi connectivity index (χ1v) is 13.4. The third-order valence-corrected chi connectivity index (χ3v) is 6.71. The molecule has 0 saturated carbocycles. The lowest BCUT2D eigenvalue weighted by molar-refractivity contribution is -0.141. The fourth-order valence-electron chi connectivity index (χ4n) is 4.29. The Balaban J connectivity index is 0.000000195. The van der Waals surface area contributed by atoms with Crippen LogP contribution in [0, 0.1) is 13.8 Å². The molecular formula is C29H31BrN6O6. The molecule has 0 aromatic carbocycles. The van der Waals surface area contributed by atoms with Crippen LogP contribution in [0.15, 0.2) is 70.8 Å². The predicted molar refractivity (Wildman–Crippen MR) is 164 cm³/mol. The molecule has 6 aromatic rings. The van der Waals surface area contributed by atoms with E-state index in [0.717, 1.165) is 22.2 Å². The smallest absolute Gasteiger partial charge is 0.325 e. The highest BCUT2D eigenvalue weighted by Crippen LogP contribution is 2.17. The number of pyridine rings is 2. The van der Waals surface area contributed by atoms with Crippen LogP contribution in [0.5, 0.6) is 0 Å². The number of aromatic amines is 1. The molecule has 0 aliphatic carbocycles. The number of hydrogen-bond donors (Lipinski definition) is 1. The van der Waals surface area contributed by atoms with E-state index in [4.69, 9.17) is 0 Å². The average Bonchev–Trinajstić information content (AvgIpc) is 3.66. The third kappa shape index (κ3) is 6.25. The van der Waals surface area contributed by atoms with Crippen molar-refractivity contribution in [1.29, 1.82) is 0 Å². The molecule has 42 heavy (non-hydrogen) atoms. The molecule has 0 aliphatic rings. The van der Waals surface area contributed by atoms with Crippen molar-refractivity contribution in [2.75, 3.05) is 19.5 Å². The van der Waals surface area contributed by atoms with Gasteiger partial charge in [0, 0.05) is 24.8 Å². The van der Waals surface area contributed by atoms with Crippen molar-refractivity contribution in [2.24, 2.45) is 0 Å². The zero-order valence-corrected chi connectivity index (χ0v) is 24.3. The van der Waals surface area contributed by atoms with Crippen LogP contribution in [0.25, 0.3) is 33.4 Å². The van der Waals surface area contributed by atoms with E-state index in [0.29, 0.717) is 22.3 Å². The van der Waals surface area contributed by atoms with Gasteiger partial charge in [0.2, 0.25) is 0 Å². The summed E-state index contributed by atoms with van der Waals surface area (Å²) in [6, 6.07) is 11.0. The van der Waals surface area contributed by atoms with Gasteiger partial charge >= 0.3 is 11.9 Å². The van der Waals surface area contributed by atoms with Crippen LogP contribution >= 0.6 is 15.9 Å². The van der Waals surface area contributed by atoms with Gasteiger partial charge in [-0.1, -0.05) is 23.4 Å². The number of rotatable bonds is 3. The van der Waals surface area contributed by atoms with E-state index >= 15 is 0 Å². The van der Waals surface area contributed by atoms with E-state index in [-0.39, 0.29) is 36.4 Å². The maximum Gasteiger partial charge on any atom is 0.325 e. The topological polar surface area (TPSA) is 142 Å². The molecule has 0 spiro atoms. The number of carbonyl (C=O) groups excluding carboxylic acids is 2. The van der Waals surface area contributed by atoms with Crippen molar-refractivity contribution in [3.05, 3.63) is 93.0 Å². The summed E-state index contributed by atoms with van der Waals surface area (Å²) in [6.45, 7) is 3.79. The Morgan fingerprint density at radius 2 is 1.43 bits per heavy atom. The molecule has 0 aliphatic heterocycles. The van der Waals surface area contributed by atoms with E-state index in [9.17, 15) is 19.2 Å². The highest BCUT2D eigenvalue weighted by atomic mass is 79.9. The molecule has 0 atom stereocenters. The Morgan fingerprint density at radius 1 is 0.857 bits per heavy atom. The molecule has 6 heterocycles. The van der Waals surface area contributed by atoms with Crippen LogP contribution in [0.1, 0.15) is 18.6 Å². The first kappa shape index (κ1) is 31.7. The number of esters is 2. The number of halogens is 1. The predicted octanol–water partition coefficient (Wildman–Crippen LogP) is 3.81. The van der Waals surface area contributed by atoms with Gasteiger partial charge < -0.3 is 23.3 Å². The molecule has 13 heteroatoms. The molecule has 1 N–H and O–H groups in total. The van der Waals surface area contributed by atoms with E-state index in [1.807, 2.05) is 48.8 Å². The van der Waals surface area contributed by atoms with Crippen molar-refractivity contribution < 1.29 is 19.1 Å². The summed E-state index contributed by atoms with van der Waals surface area (Å²) >= 11 is 2.90. The molecule has 0 fully saturated rings. The van der Waals surface area contributed by atoms with Gasteiger partial charge in [0.25, 0.3) is 11.1 Å². The first-order chi connectivity index (χ1) is 19.7. The molecule has 6 rings (SSSR count). The number of ether oxygens (including phenoxy) is 2. The summed E-state index contributed by atoms with van der Waals surface area (Å²) in [5.41, 5.74) is 5.75. The van der Waals surface area contributed by atoms with E-state index in [1.54, 1.807) is 35.0 Å². The number of methoxy groups -OCH3 is 2. The van der Waals surface area contributed by atoms with Crippen LogP contribution in [0.4, 0.5) is 0 Å². The summed E-state index contributed by atoms with van der Waals surface area (Å²) in [7, 11) is 2.65. The van der Waals surface area contributed by atoms with E-state index in [2.05, 4.69) is 40.4 Å². The number of fused-ring (bicyclic) bond motifs is 6. The number of hydrogen-bond acceptors (Lipinski definition) is 8. The Hall–Kier alpha value is -4.78. The Bertz CT molecular complexity index is 2000. The number of nitrogens with zero attached hydrogens (tertiary/aromatic N) is 5. The van der Waals surface area contributed by atoms with Crippen molar-refractivity contribution >= 4 is 61.2 Å². The zero-order valence-electron chi connectivity index (χ0n) is 22.8. The molecule has 220 valence electrons. The van der Waals surface area contributed by atoms with Gasteiger partial charge in [0.1, 0.15) is 22.9 Å². The Labute approximate surface area is 248 Å². The van der Waals surface area contributed by atoms with Crippen LogP contribution in [0.3, 0.4) is 0 Å². The Morgan fingerprint density at radius 3 is 2.02 bits per heavy atom. The van der Waals surface area contributed by atoms with Crippen LogP contribution in [-0.4, -0.2) is 59.8 Å². The van der Waals surface area contributed by atoms with Gasteiger partial charge in [0.15, 0.2) is 11.3 Å². The minimum atomic E-state index is -0.479. The van der Waals surface area contributed by atoms with Gasteiger partial charge in [0.05, 0.1) is 25.3 Å². The highest BCUT2D eigenvalue weighted by Gasteiger charge is 2.15. The van der Waals surface area contributed by atoms with Gasteiger partial charge in [-0.15, -0.1) is 0 Å². The minimum absolute atomic E-state index is 0. The lowest BCUT2D eigenvalue weighted by atomic mass is 10.2. The minimum Gasteiger partial charge on any atom is -0.468 e. The van der Waals surface area contributed by atoms with Gasteiger partial charge in [-0.3, -0.25) is 23.7 Å². The van der Waals surface area contributed by atoms with Crippen molar-refractivity contribution in [3.8, 4) is 0 Å². The highest BCUT2D eigenvalue weighted by molar-refractivity contribution is 9.09. The van der Waals surface area contributed by atoms with Gasteiger partial charge in [-0.25, -0.2) is 9.97 Å². The maximum atomic E-state index is 12.5. The summed E-state index contributed by atoms with van der Waals surface area (Å²) in [5, 5.41) is 0.281. The van der Waals surface area contributed by atoms with Crippen LogP contribution in [-0.2, 0) is 25.6 Å². The van der Waals surface area contributed by atoms with Crippen molar-refractivity contribution in [3.63, 3.8) is 0 Å². The molecule has 0 saturated heterocycles. The maximum absolute atomic E-state index is 12.5. The second-order valence-corrected chi connectivity index (χ2v) is 9.34. The largest absolute Gasteiger partial charge is 0.468 e. The lowest BCUT2D eigenvalue weighted by Gasteiger charge is -2.12. The van der Waals surface area contributed by atoms with Gasteiger partial charge in [-0.2, -0.15) is 0 Å². The monoisotopic (exact) mass is 638 g/mol.